The standard InChI is InChI=1S/C16H23NO3/c1-12(2)20-15-5-3-13(4-6-15)11-17-9-7-14(8-10-17)16(18)19/h3-6,12,14H,7-11H2,1-2H3,(H,18,19). The number of rotatable bonds is 5. The van der Waals surface area contributed by atoms with Gasteiger partial charge in [-0.1, -0.05) is 12.1 Å². The molecule has 1 fully saturated rings. The van der Waals surface area contributed by atoms with E-state index in [9.17, 15) is 4.79 Å². The molecule has 0 spiro atoms. The first-order valence-corrected chi connectivity index (χ1v) is 7.25. The van der Waals surface area contributed by atoms with Crippen LogP contribution in [0.2, 0.25) is 0 Å². The Bertz CT molecular complexity index is 434. The molecule has 1 aliphatic rings. The van der Waals surface area contributed by atoms with Crippen molar-refractivity contribution < 1.29 is 14.6 Å². The van der Waals surface area contributed by atoms with Gasteiger partial charge in [0.05, 0.1) is 12.0 Å². The molecule has 1 saturated heterocycles. The number of ether oxygens (including phenoxy) is 1. The van der Waals surface area contributed by atoms with E-state index in [0.717, 1.165) is 38.2 Å². The lowest BCUT2D eigenvalue weighted by atomic mass is 9.97. The molecule has 20 heavy (non-hydrogen) atoms. The van der Waals surface area contributed by atoms with Gasteiger partial charge in [0.2, 0.25) is 0 Å². The van der Waals surface area contributed by atoms with E-state index in [2.05, 4.69) is 17.0 Å². The quantitative estimate of drug-likeness (QED) is 0.899. The number of carboxylic acid groups (broad SMARTS) is 1. The van der Waals surface area contributed by atoms with E-state index in [1.54, 1.807) is 0 Å². The minimum atomic E-state index is -0.653. The largest absolute Gasteiger partial charge is 0.491 e. The van der Waals surface area contributed by atoms with Gasteiger partial charge in [0, 0.05) is 6.54 Å². The summed E-state index contributed by atoms with van der Waals surface area (Å²) in [5.74, 6) is 0.0845. The second-order valence-electron chi connectivity index (χ2n) is 5.70. The Morgan fingerprint density at radius 2 is 1.90 bits per heavy atom. The van der Waals surface area contributed by atoms with Crippen molar-refractivity contribution in [3.8, 4) is 5.75 Å². The monoisotopic (exact) mass is 277 g/mol. The second-order valence-corrected chi connectivity index (χ2v) is 5.70. The van der Waals surface area contributed by atoms with Crippen LogP contribution in [0.15, 0.2) is 24.3 Å². The van der Waals surface area contributed by atoms with Crippen molar-refractivity contribution in [2.24, 2.45) is 5.92 Å². The third kappa shape index (κ3) is 4.23. The van der Waals surface area contributed by atoms with E-state index in [-0.39, 0.29) is 12.0 Å². The number of piperidine rings is 1. The van der Waals surface area contributed by atoms with E-state index in [1.165, 1.54) is 5.56 Å². The number of nitrogens with zero attached hydrogens (tertiary/aromatic N) is 1. The summed E-state index contributed by atoms with van der Waals surface area (Å²) in [6.07, 6.45) is 1.70. The molecular weight excluding hydrogens is 254 g/mol. The van der Waals surface area contributed by atoms with Gasteiger partial charge in [-0.3, -0.25) is 9.69 Å². The minimum absolute atomic E-state index is 0.159. The van der Waals surface area contributed by atoms with Gasteiger partial charge in [-0.25, -0.2) is 0 Å². The van der Waals surface area contributed by atoms with Crippen molar-refractivity contribution >= 4 is 5.97 Å². The summed E-state index contributed by atoms with van der Waals surface area (Å²) in [6.45, 7) is 6.64. The molecular formula is C16H23NO3. The van der Waals surface area contributed by atoms with Gasteiger partial charge in [-0.15, -0.1) is 0 Å². The first-order chi connectivity index (χ1) is 9.54. The summed E-state index contributed by atoms with van der Waals surface area (Å²) in [4.78, 5) is 13.2. The van der Waals surface area contributed by atoms with Gasteiger partial charge in [0.15, 0.2) is 0 Å². The second kappa shape index (κ2) is 6.75. The summed E-state index contributed by atoms with van der Waals surface area (Å²) in [5, 5.41) is 8.98. The SMILES string of the molecule is CC(C)Oc1ccc(CN2CCC(C(=O)O)CC2)cc1. The number of likely N-dealkylation sites (tertiary alicyclic amines) is 1. The Hall–Kier alpha value is -1.55. The molecule has 4 nitrogen and oxygen atoms in total. The topological polar surface area (TPSA) is 49.8 Å². The van der Waals surface area contributed by atoms with Gasteiger partial charge < -0.3 is 9.84 Å². The first kappa shape index (κ1) is 14.9. The molecule has 4 heteroatoms. The summed E-state index contributed by atoms with van der Waals surface area (Å²) >= 11 is 0. The minimum Gasteiger partial charge on any atom is -0.491 e. The Morgan fingerprint density at radius 3 is 2.40 bits per heavy atom. The van der Waals surface area contributed by atoms with E-state index in [1.807, 2.05) is 26.0 Å². The number of carbonyl (C=O) groups is 1. The highest BCUT2D eigenvalue weighted by molar-refractivity contribution is 5.70. The van der Waals surface area contributed by atoms with Crippen LogP contribution in [0.5, 0.6) is 5.75 Å². The molecule has 1 N–H and O–H groups in total. The van der Waals surface area contributed by atoms with Crippen LogP contribution in [0, 0.1) is 5.92 Å². The molecule has 0 amide bonds. The van der Waals surface area contributed by atoms with Crippen LogP contribution in [0.3, 0.4) is 0 Å². The molecule has 0 unspecified atom stereocenters. The average molecular weight is 277 g/mol. The normalized spacial score (nSPS) is 17.4. The van der Waals surface area contributed by atoms with E-state index in [0.29, 0.717) is 0 Å². The predicted octanol–water partition coefficient (Wildman–Crippen LogP) is 2.77. The van der Waals surface area contributed by atoms with Crippen molar-refractivity contribution in [2.75, 3.05) is 13.1 Å². The highest BCUT2D eigenvalue weighted by Gasteiger charge is 2.24. The number of hydrogen-bond acceptors (Lipinski definition) is 3. The third-order valence-electron chi connectivity index (χ3n) is 3.64. The van der Waals surface area contributed by atoms with Gasteiger partial charge in [0.25, 0.3) is 0 Å². The van der Waals surface area contributed by atoms with Crippen molar-refractivity contribution in [1.29, 1.82) is 0 Å². The predicted molar refractivity (Wildman–Crippen MR) is 77.8 cm³/mol. The Labute approximate surface area is 120 Å². The number of hydrogen-bond donors (Lipinski definition) is 1. The highest BCUT2D eigenvalue weighted by atomic mass is 16.5. The van der Waals surface area contributed by atoms with E-state index >= 15 is 0 Å². The zero-order valence-electron chi connectivity index (χ0n) is 12.2. The van der Waals surface area contributed by atoms with Crippen molar-refractivity contribution in [3.63, 3.8) is 0 Å². The van der Waals surface area contributed by atoms with E-state index < -0.39 is 5.97 Å². The number of carboxylic acids is 1. The van der Waals surface area contributed by atoms with Crippen molar-refractivity contribution in [3.05, 3.63) is 29.8 Å². The summed E-state index contributed by atoms with van der Waals surface area (Å²) in [6, 6.07) is 8.17. The van der Waals surface area contributed by atoms with Crippen LogP contribution in [0.1, 0.15) is 32.3 Å². The molecule has 1 aromatic carbocycles. The average Bonchev–Trinajstić information content (AvgIpc) is 2.41. The van der Waals surface area contributed by atoms with Gasteiger partial charge in [-0.2, -0.15) is 0 Å². The molecule has 0 saturated carbocycles. The van der Waals surface area contributed by atoms with Crippen LogP contribution >= 0.6 is 0 Å². The van der Waals surface area contributed by atoms with Crippen LogP contribution in [-0.4, -0.2) is 35.2 Å². The molecule has 0 aliphatic carbocycles. The molecule has 0 aromatic heterocycles. The van der Waals surface area contributed by atoms with Gasteiger partial charge in [-0.05, 0) is 57.5 Å². The fraction of sp³-hybridized carbons (Fsp3) is 0.562. The number of aliphatic carboxylic acids is 1. The zero-order valence-corrected chi connectivity index (χ0v) is 12.2. The Balaban J connectivity index is 1.83. The third-order valence-corrected chi connectivity index (χ3v) is 3.64. The summed E-state index contributed by atoms with van der Waals surface area (Å²) < 4.78 is 5.62. The van der Waals surface area contributed by atoms with Gasteiger partial charge in [0.1, 0.15) is 5.75 Å². The molecule has 0 atom stereocenters. The smallest absolute Gasteiger partial charge is 0.306 e. The van der Waals surface area contributed by atoms with Crippen LogP contribution in [0.4, 0.5) is 0 Å². The molecule has 1 aromatic rings. The lowest BCUT2D eigenvalue weighted by Crippen LogP contribution is -2.35. The molecule has 2 rings (SSSR count). The molecule has 1 heterocycles. The molecule has 0 radical (unpaired) electrons. The summed E-state index contributed by atoms with van der Waals surface area (Å²) in [7, 11) is 0. The molecule has 1 aliphatic heterocycles. The van der Waals surface area contributed by atoms with Crippen molar-refractivity contribution in [2.45, 2.75) is 39.3 Å². The van der Waals surface area contributed by atoms with E-state index in [4.69, 9.17) is 9.84 Å². The lowest BCUT2D eigenvalue weighted by Gasteiger charge is -2.30. The first-order valence-electron chi connectivity index (χ1n) is 7.25. The maximum Gasteiger partial charge on any atom is 0.306 e. The van der Waals surface area contributed by atoms with Crippen LogP contribution < -0.4 is 4.74 Å². The highest BCUT2D eigenvalue weighted by Crippen LogP contribution is 2.20. The lowest BCUT2D eigenvalue weighted by molar-refractivity contribution is -0.143. The molecule has 0 bridgehead atoms. The Kier molecular flexibility index (Phi) is 5.01. The zero-order chi connectivity index (χ0) is 14.5. The number of benzene rings is 1. The summed E-state index contributed by atoms with van der Waals surface area (Å²) in [5.41, 5.74) is 1.25. The van der Waals surface area contributed by atoms with Crippen molar-refractivity contribution in [1.82, 2.24) is 4.90 Å². The fourth-order valence-corrected chi connectivity index (χ4v) is 2.54. The van der Waals surface area contributed by atoms with Gasteiger partial charge >= 0.3 is 5.97 Å². The maximum atomic E-state index is 10.9. The van der Waals surface area contributed by atoms with Crippen LogP contribution in [-0.2, 0) is 11.3 Å². The fourth-order valence-electron chi connectivity index (χ4n) is 2.54. The maximum absolute atomic E-state index is 10.9. The Morgan fingerprint density at radius 1 is 1.30 bits per heavy atom. The molecule has 110 valence electrons. The van der Waals surface area contributed by atoms with Crippen LogP contribution in [0.25, 0.3) is 0 Å².